The van der Waals surface area contributed by atoms with Gasteiger partial charge in [-0.3, -0.25) is 14.4 Å². The number of nitrogens with one attached hydrogen (secondary N) is 1. The zero-order valence-electron chi connectivity index (χ0n) is 17.7. The molecule has 0 spiro atoms. The molecule has 1 aromatic carbocycles. The Bertz CT molecular complexity index is 711. The summed E-state index contributed by atoms with van der Waals surface area (Å²) in [5.41, 5.74) is 3.33. The van der Waals surface area contributed by atoms with E-state index in [0.29, 0.717) is 26.2 Å². The first-order valence-electron chi connectivity index (χ1n) is 11.0. The molecule has 0 aromatic heterocycles. The van der Waals surface area contributed by atoms with Gasteiger partial charge in [-0.2, -0.15) is 0 Å². The van der Waals surface area contributed by atoms with Crippen LogP contribution in [0.15, 0.2) is 18.2 Å². The van der Waals surface area contributed by atoms with Crippen molar-refractivity contribution in [1.29, 1.82) is 0 Å². The second kappa shape index (κ2) is 9.90. The molecule has 2 aliphatic rings. The number of nitrogens with zero attached hydrogens (tertiary/aromatic N) is 2. The van der Waals surface area contributed by atoms with E-state index in [-0.39, 0.29) is 23.7 Å². The van der Waals surface area contributed by atoms with E-state index in [0.717, 1.165) is 50.6 Å². The summed E-state index contributed by atoms with van der Waals surface area (Å²) in [5.74, 6) is 0.265. The van der Waals surface area contributed by atoms with Crippen molar-refractivity contribution in [1.82, 2.24) is 9.80 Å². The third kappa shape index (κ3) is 4.98. The molecule has 6 nitrogen and oxygen atoms in total. The highest BCUT2D eigenvalue weighted by molar-refractivity contribution is 5.94. The molecular weight excluding hydrogens is 366 g/mol. The summed E-state index contributed by atoms with van der Waals surface area (Å²) in [6.45, 7) is 6.68. The number of rotatable bonds is 6. The normalized spacial score (nSPS) is 22.3. The average Bonchev–Trinajstić information content (AvgIpc) is 2.78. The Hall–Kier alpha value is -2.37. The molecule has 0 atom stereocenters. The quantitative estimate of drug-likeness (QED) is 0.748. The maximum absolute atomic E-state index is 12.9. The number of hydrogen-bond donors (Lipinski definition) is 1. The van der Waals surface area contributed by atoms with Crippen LogP contribution >= 0.6 is 0 Å². The first kappa shape index (κ1) is 21.3. The van der Waals surface area contributed by atoms with E-state index in [4.69, 9.17) is 0 Å². The molecule has 0 bridgehead atoms. The summed E-state index contributed by atoms with van der Waals surface area (Å²) >= 11 is 0. The molecule has 6 heteroatoms. The lowest BCUT2D eigenvalue weighted by molar-refractivity contribution is -0.140. The minimum Gasteiger partial charge on any atom is -0.342 e. The van der Waals surface area contributed by atoms with Gasteiger partial charge in [-0.1, -0.05) is 32.0 Å². The molecule has 1 saturated carbocycles. The zero-order valence-corrected chi connectivity index (χ0v) is 17.7. The summed E-state index contributed by atoms with van der Waals surface area (Å²) in [6, 6.07) is 6.21. The number of hydrogen-bond acceptors (Lipinski definition) is 3. The summed E-state index contributed by atoms with van der Waals surface area (Å²) in [4.78, 5) is 40.1. The smallest absolute Gasteiger partial charge is 0.227 e. The standard InChI is InChI=1S/C23H33N3O3/c1-3-17-6-5-7-18(4-2)21(17)24-22(28)19-8-10-20(11-9-19)23(29)26-14-12-25(16-27)13-15-26/h5-7,16,19-20H,3-4,8-15H2,1-2H3,(H,24,28). The number of carbonyl (C=O) groups excluding carboxylic acids is 3. The highest BCUT2D eigenvalue weighted by Crippen LogP contribution is 2.32. The largest absolute Gasteiger partial charge is 0.342 e. The Morgan fingerprint density at radius 2 is 1.52 bits per heavy atom. The van der Waals surface area contributed by atoms with Crippen molar-refractivity contribution in [3.8, 4) is 0 Å². The number of aryl methyl sites for hydroxylation is 2. The molecule has 29 heavy (non-hydrogen) atoms. The van der Waals surface area contributed by atoms with Gasteiger partial charge in [0, 0.05) is 43.7 Å². The maximum Gasteiger partial charge on any atom is 0.227 e. The molecular formula is C23H33N3O3. The second-order valence-electron chi connectivity index (χ2n) is 8.16. The summed E-state index contributed by atoms with van der Waals surface area (Å²) in [7, 11) is 0. The second-order valence-corrected chi connectivity index (χ2v) is 8.16. The lowest BCUT2D eigenvalue weighted by Crippen LogP contribution is -2.50. The first-order valence-corrected chi connectivity index (χ1v) is 11.0. The van der Waals surface area contributed by atoms with E-state index < -0.39 is 0 Å². The van der Waals surface area contributed by atoms with Gasteiger partial charge in [0.2, 0.25) is 18.2 Å². The highest BCUT2D eigenvalue weighted by Gasteiger charge is 2.33. The summed E-state index contributed by atoms with van der Waals surface area (Å²) in [5, 5.41) is 3.20. The van der Waals surface area contributed by atoms with Crippen LogP contribution in [-0.2, 0) is 27.2 Å². The summed E-state index contributed by atoms with van der Waals surface area (Å²) < 4.78 is 0. The Balaban J connectivity index is 1.54. The fraction of sp³-hybridized carbons (Fsp3) is 0.609. The topological polar surface area (TPSA) is 69.7 Å². The predicted molar refractivity (Wildman–Crippen MR) is 113 cm³/mol. The van der Waals surface area contributed by atoms with Crippen molar-refractivity contribution in [2.75, 3.05) is 31.5 Å². The van der Waals surface area contributed by atoms with Crippen LogP contribution in [0.3, 0.4) is 0 Å². The van der Waals surface area contributed by atoms with Crippen LogP contribution in [0.2, 0.25) is 0 Å². The lowest BCUT2D eigenvalue weighted by Gasteiger charge is -2.36. The Morgan fingerprint density at radius 1 is 0.966 bits per heavy atom. The molecule has 0 radical (unpaired) electrons. The average molecular weight is 400 g/mol. The predicted octanol–water partition coefficient (Wildman–Crippen LogP) is 2.86. The van der Waals surface area contributed by atoms with Gasteiger partial charge in [-0.05, 0) is 49.7 Å². The first-order chi connectivity index (χ1) is 14.1. The molecule has 1 aliphatic heterocycles. The Kier molecular flexibility index (Phi) is 7.29. The van der Waals surface area contributed by atoms with Crippen LogP contribution in [0.5, 0.6) is 0 Å². The Labute approximate surface area is 173 Å². The molecule has 0 unspecified atom stereocenters. The minimum atomic E-state index is -0.0272. The van der Waals surface area contributed by atoms with Gasteiger partial charge in [0.1, 0.15) is 0 Å². The molecule has 1 heterocycles. The van der Waals surface area contributed by atoms with Gasteiger partial charge in [0.25, 0.3) is 0 Å². The molecule has 1 aliphatic carbocycles. The number of benzene rings is 1. The molecule has 1 N–H and O–H groups in total. The van der Waals surface area contributed by atoms with E-state index in [1.807, 2.05) is 4.90 Å². The van der Waals surface area contributed by atoms with E-state index in [2.05, 4.69) is 37.4 Å². The summed E-state index contributed by atoms with van der Waals surface area (Å²) in [6.07, 6.45) is 5.68. The zero-order chi connectivity index (χ0) is 20.8. The molecule has 3 rings (SSSR count). The number of piperazine rings is 1. The highest BCUT2D eigenvalue weighted by atomic mass is 16.2. The maximum atomic E-state index is 12.9. The molecule has 158 valence electrons. The van der Waals surface area contributed by atoms with Crippen molar-refractivity contribution < 1.29 is 14.4 Å². The van der Waals surface area contributed by atoms with Crippen molar-refractivity contribution in [2.24, 2.45) is 11.8 Å². The fourth-order valence-corrected chi connectivity index (χ4v) is 4.54. The van der Waals surface area contributed by atoms with E-state index in [9.17, 15) is 14.4 Å². The fourth-order valence-electron chi connectivity index (χ4n) is 4.54. The van der Waals surface area contributed by atoms with Gasteiger partial charge in [0.05, 0.1) is 0 Å². The Morgan fingerprint density at radius 3 is 2.03 bits per heavy atom. The van der Waals surface area contributed by atoms with Gasteiger partial charge in [-0.25, -0.2) is 0 Å². The van der Waals surface area contributed by atoms with Crippen LogP contribution in [0.4, 0.5) is 5.69 Å². The minimum absolute atomic E-state index is 0.0101. The third-order valence-electron chi connectivity index (χ3n) is 6.47. The van der Waals surface area contributed by atoms with Crippen LogP contribution in [0, 0.1) is 11.8 Å². The van der Waals surface area contributed by atoms with Crippen LogP contribution < -0.4 is 5.32 Å². The van der Waals surface area contributed by atoms with Gasteiger partial charge in [0.15, 0.2) is 0 Å². The number of para-hydroxylation sites is 1. The third-order valence-corrected chi connectivity index (χ3v) is 6.47. The van der Waals surface area contributed by atoms with Crippen LogP contribution in [0.25, 0.3) is 0 Å². The molecule has 3 amide bonds. The van der Waals surface area contributed by atoms with Gasteiger partial charge < -0.3 is 15.1 Å². The lowest BCUT2D eigenvalue weighted by atomic mass is 9.80. The van der Waals surface area contributed by atoms with Crippen molar-refractivity contribution in [2.45, 2.75) is 52.4 Å². The molecule has 1 aromatic rings. The van der Waals surface area contributed by atoms with Crippen LogP contribution in [-0.4, -0.2) is 54.2 Å². The van der Waals surface area contributed by atoms with Crippen LogP contribution in [0.1, 0.15) is 50.7 Å². The molecule has 1 saturated heterocycles. The van der Waals surface area contributed by atoms with Gasteiger partial charge >= 0.3 is 0 Å². The SMILES string of the molecule is CCc1cccc(CC)c1NC(=O)C1CCC(C(=O)N2CCN(C=O)CC2)CC1. The number of amides is 3. The van der Waals surface area contributed by atoms with Gasteiger partial charge in [-0.15, -0.1) is 0 Å². The molecule has 2 fully saturated rings. The van der Waals surface area contributed by atoms with Crippen molar-refractivity contribution in [3.63, 3.8) is 0 Å². The number of anilines is 1. The van der Waals surface area contributed by atoms with E-state index in [1.54, 1.807) is 4.90 Å². The van der Waals surface area contributed by atoms with E-state index >= 15 is 0 Å². The van der Waals surface area contributed by atoms with E-state index in [1.165, 1.54) is 11.1 Å². The monoisotopic (exact) mass is 399 g/mol. The number of carbonyl (C=O) groups is 3. The van der Waals surface area contributed by atoms with Crippen molar-refractivity contribution >= 4 is 23.9 Å². The van der Waals surface area contributed by atoms with Crippen molar-refractivity contribution in [3.05, 3.63) is 29.3 Å².